The van der Waals surface area contributed by atoms with Crippen LogP contribution in [0.4, 0.5) is 0 Å². The highest BCUT2D eigenvalue weighted by molar-refractivity contribution is 7.99. The van der Waals surface area contributed by atoms with Gasteiger partial charge in [0.25, 0.3) is 0 Å². The predicted octanol–water partition coefficient (Wildman–Crippen LogP) is 2.80. The lowest BCUT2D eigenvalue weighted by Gasteiger charge is -2.29. The average Bonchev–Trinajstić information content (AvgIpc) is 2.32. The van der Waals surface area contributed by atoms with Crippen molar-refractivity contribution < 1.29 is 4.74 Å². The van der Waals surface area contributed by atoms with E-state index in [1.165, 1.54) is 16.9 Å². The molecule has 0 aromatic heterocycles. The highest BCUT2D eigenvalue weighted by Crippen LogP contribution is 2.33. The summed E-state index contributed by atoms with van der Waals surface area (Å²) >= 11 is 2.00. The summed E-state index contributed by atoms with van der Waals surface area (Å²) in [5.74, 6) is 2.01. The van der Waals surface area contributed by atoms with Crippen LogP contribution in [0.1, 0.15) is 23.4 Å². The van der Waals surface area contributed by atoms with Crippen molar-refractivity contribution in [1.29, 1.82) is 0 Å². The van der Waals surface area contributed by atoms with Crippen LogP contribution in [0, 0.1) is 5.92 Å². The molecule has 0 saturated carbocycles. The molecule has 1 aromatic rings. The smallest absolute Gasteiger partial charge is 0.0793 e. The van der Waals surface area contributed by atoms with Gasteiger partial charge in [-0.15, -0.1) is 11.8 Å². The molecule has 1 aromatic carbocycles. The topological polar surface area (TPSA) is 21.3 Å². The Kier molecular flexibility index (Phi) is 4.27. The molecule has 1 saturated heterocycles. The molecule has 1 heterocycles. The molecule has 2 unspecified atom stereocenters. The molecule has 0 aliphatic carbocycles. The number of hydrogen-bond acceptors (Lipinski definition) is 3. The first-order chi connectivity index (χ1) is 7.81. The lowest BCUT2D eigenvalue weighted by molar-refractivity contribution is 0.184. The second-order valence-corrected chi connectivity index (χ2v) is 5.50. The number of thioether (sulfide) groups is 1. The van der Waals surface area contributed by atoms with Crippen molar-refractivity contribution in [1.82, 2.24) is 5.32 Å². The number of rotatable bonds is 3. The molecule has 1 fully saturated rings. The predicted molar refractivity (Wildman–Crippen MR) is 69.5 cm³/mol. The van der Waals surface area contributed by atoms with E-state index in [1.54, 1.807) is 7.11 Å². The molecule has 16 heavy (non-hydrogen) atoms. The van der Waals surface area contributed by atoms with Gasteiger partial charge in [-0.1, -0.05) is 31.2 Å². The molecule has 1 aliphatic heterocycles. The van der Waals surface area contributed by atoms with Crippen LogP contribution in [0.3, 0.4) is 0 Å². The minimum absolute atomic E-state index is 0.433. The number of nitrogens with one attached hydrogen (secondary N) is 1. The summed E-state index contributed by atoms with van der Waals surface area (Å²) in [6.45, 7) is 4.10. The molecule has 1 N–H and O–H groups in total. The molecule has 2 atom stereocenters. The summed E-state index contributed by atoms with van der Waals surface area (Å²) in [6.07, 6.45) is 0. The molecule has 1 aliphatic rings. The Balaban J connectivity index is 2.13. The molecular formula is C13H19NOS. The maximum Gasteiger partial charge on any atom is 0.0793 e. The first kappa shape index (κ1) is 12.0. The first-order valence-corrected chi connectivity index (χ1v) is 6.78. The molecule has 0 radical (unpaired) electrons. The molecule has 3 heteroatoms. The summed E-state index contributed by atoms with van der Waals surface area (Å²) in [5.41, 5.74) is 2.67. The van der Waals surface area contributed by atoms with E-state index in [0.717, 1.165) is 12.5 Å². The Bertz CT molecular complexity index is 334. The molecule has 0 amide bonds. The van der Waals surface area contributed by atoms with Gasteiger partial charge in [0.05, 0.1) is 12.0 Å². The summed E-state index contributed by atoms with van der Waals surface area (Å²) in [5, 5.41) is 4.02. The third kappa shape index (κ3) is 2.78. The quantitative estimate of drug-likeness (QED) is 0.873. The van der Waals surface area contributed by atoms with Gasteiger partial charge in [-0.2, -0.15) is 0 Å². The van der Waals surface area contributed by atoms with E-state index in [0.29, 0.717) is 12.0 Å². The fraction of sp³-hybridized carbons (Fsp3) is 0.538. The molecule has 0 spiro atoms. The second-order valence-electron chi connectivity index (χ2n) is 4.36. The molecule has 0 bridgehead atoms. The van der Waals surface area contributed by atoms with Gasteiger partial charge in [-0.25, -0.2) is 0 Å². The zero-order valence-electron chi connectivity index (χ0n) is 9.90. The number of benzene rings is 1. The second kappa shape index (κ2) is 5.71. The van der Waals surface area contributed by atoms with Crippen LogP contribution in [0.15, 0.2) is 24.3 Å². The van der Waals surface area contributed by atoms with E-state index in [-0.39, 0.29) is 0 Å². The SMILES string of the molecule is COCc1ccccc1C1NCC(C)CS1. The summed E-state index contributed by atoms with van der Waals surface area (Å²) in [7, 11) is 1.75. The molecule has 88 valence electrons. The maximum atomic E-state index is 5.24. The maximum absolute atomic E-state index is 5.24. The van der Waals surface area contributed by atoms with Crippen LogP contribution in [-0.2, 0) is 11.3 Å². The standard InChI is InChI=1S/C13H19NOS/c1-10-7-14-13(16-9-10)12-6-4-3-5-11(12)8-15-2/h3-6,10,13-14H,7-9H2,1-2H3. The highest BCUT2D eigenvalue weighted by atomic mass is 32.2. The minimum atomic E-state index is 0.433. The lowest BCUT2D eigenvalue weighted by atomic mass is 10.1. The number of methoxy groups -OCH3 is 1. The van der Waals surface area contributed by atoms with Crippen LogP contribution in [0.5, 0.6) is 0 Å². The average molecular weight is 237 g/mol. The minimum Gasteiger partial charge on any atom is -0.380 e. The Morgan fingerprint density at radius 1 is 1.44 bits per heavy atom. The third-order valence-corrected chi connectivity index (χ3v) is 4.35. The highest BCUT2D eigenvalue weighted by Gasteiger charge is 2.21. The Labute approximate surface area is 102 Å². The van der Waals surface area contributed by atoms with Crippen molar-refractivity contribution in [2.45, 2.75) is 18.9 Å². The van der Waals surface area contributed by atoms with Crippen LogP contribution >= 0.6 is 11.8 Å². The number of ether oxygens (including phenoxy) is 1. The van der Waals surface area contributed by atoms with Crippen molar-refractivity contribution in [2.75, 3.05) is 19.4 Å². The van der Waals surface area contributed by atoms with E-state index in [9.17, 15) is 0 Å². The Hall–Kier alpha value is -0.510. The first-order valence-electron chi connectivity index (χ1n) is 5.73. The van der Waals surface area contributed by atoms with E-state index in [2.05, 4.69) is 36.5 Å². The van der Waals surface area contributed by atoms with E-state index >= 15 is 0 Å². The van der Waals surface area contributed by atoms with Crippen molar-refractivity contribution in [3.05, 3.63) is 35.4 Å². The Morgan fingerprint density at radius 3 is 2.94 bits per heavy atom. The van der Waals surface area contributed by atoms with Gasteiger partial charge in [0.15, 0.2) is 0 Å². The van der Waals surface area contributed by atoms with Crippen molar-refractivity contribution in [3.8, 4) is 0 Å². The zero-order chi connectivity index (χ0) is 11.4. The molecular weight excluding hydrogens is 218 g/mol. The molecule has 2 nitrogen and oxygen atoms in total. The van der Waals surface area contributed by atoms with Gasteiger partial charge in [-0.3, -0.25) is 0 Å². The van der Waals surface area contributed by atoms with Crippen molar-refractivity contribution in [2.24, 2.45) is 5.92 Å². The van der Waals surface area contributed by atoms with Gasteiger partial charge in [0, 0.05) is 7.11 Å². The van der Waals surface area contributed by atoms with E-state index in [1.807, 2.05) is 11.8 Å². The van der Waals surface area contributed by atoms with Crippen LogP contribution in [0.2, 0.25) is 0 Å². The van der Waals surface area contributed by atoms with Gasteiger partial charge >= 0.3 is 0 Å². The van der Waals surface area contributed by atoms with Gasteiger partial charge in [0.1, 0.15) is 0 Å². The fourth-order valence-corrected chi connectivity index (χ4v) is 3.23. The molecule has 2 rings (SSSR count). The summed E-state index contributed by atoms with van der Waals surface area (Å²) in [6, 6.07) is 8.54. The third-order valence-electron chi connectivity index (χ3n) is 2.84. The summed E-state index contributed by atoms with van der Waals surface area (Å²) in [4.78, 5) is 0. The van der Waals surface area contributed by atoms with Crippen molar-refractivity contribution >= 4 is 11.8 Å². The van der Waals surface area contributed by atoms with Crippen molar-refractivity contribution in [3.63, 3.8) is 0 Å². The van der Waals surface area contributed by atoms with Gasteiger partial charge in [-0.05, 0) is 29.3 Å². The van der Waals surface area contributed by atoms with Gasteiger partial charge < -0.3 is 10.1 Å². The largest absolute Gasteiger partial charge is 0.380 e. The van der Waals surface area contributed by atoms with Gasteiger partial charge in [0.2, 0.25) is 0 Å². The lowest BCUT2D eigenvalue weighted by Crippen LogP contribution is -2.31. The Morgan fingerprint density at radius 2 is 2.25 bits per heavy atom. The fourth-order valence-electron chi connectivity index (χ4n) is 1.96. The zero-order valence-corrected chi connectivity index (χ0v) is 10.7. The van der Waals surface area contributed by atoms with Crippen LogP contribution in [0.25, 0.3) is 0 Å². The van der Waals surface area contributed by atoms with E-state index < -0.39 is 0 Å². The summed E-state index contributed by atoms with van der Waals surface area (Å²) < 4.78 is 5.24. The number of hydrogen-bond donors (Lipinski definition) is 1. The van der Waals surface area contributed by atoms with Crippen LogP contribution < -0.4 is 5.32 Å². The van der Waals surface area contributed by atoms with Crippen LogP contribution in [-0.4, -0.2) is 19.4 Å². The monoisotopic (exact) mass is 237 g/mol. The normalized spacial score (nSPS) is 25.6. The van der Waals surface area contributed by atoms with E-state index in [4.69, 9.17) is 4.74 Å².